The van der Waals surface area contributed by atoms with Crippen LogP contribution in [0.5, 0.6) is 0 Å². The molecule has 2 atom stereocenters. The zero-order chi connectivity index (χ0) is 9.84. The van der Waals surface area contributed by atoms with Crippen molar-refractivity contribution in [2.24, 2.45) is 10.7 Å². The van der Waals surface area contributed by atoms with Gasteiger partial charge in [0.1, 0.15) is 11.9 Å². The van der Waals surface area contributed by atoms with E-state index in [-0.39, 0.29) is 6.61 Å². The number of aliphatic carboxylic acids is 1. The van der Waals surface area contributed by atoms with Crippen molar-refractivity contribution in [3.8, 4) is 0 Å². The van der Waals surface area contributed by atoms with Crippen LogP contribution in [-0.4, -0.2) is 47.3 Å². The lowest BCUT2D eigenvalue weighted by Crippen LogP contribution is -2.52. The van der Waals surface area contributed by atoms with Gasteiger partial charge in [0.15, 0.2) is 0 Å². The number of nitrogens with zero attached hydrogens (tertiary/aromatic N) is 1. The number of hydrogen-bond acceptors (Lipinski definition) is 5. The van der Waals surface area contributed by atoms with Gasteiger partial charge in [0.2, 0.25) is 0 Å². The second-order valence-electron chi connectivity index (χ2n) is 2.88. The van der Waals surface area contributed by atoms with Crippen molar-refractivity contribution >= 4 is 11.8 Å². The van der Waals surface area contributed by atoms with Crippen molar-refractivity contribution in [1.82, 2.24) is 5.32 Å². The normalized spacial score (nSPS) is 24.5. The number of carbonyl (C=O) groups is 1. The fourth-order valence-corrected chi connectivity index (χ4v) is 1.11. The molecular weight excluding hydrogens is 174 g/mol. The van der Waals surface area contributed by atoms with Gasteiger partial charge in [0, 0.05) is 6.54 Å². The molecule has 5 N–H and O–H groups in total. The van der Waals surface area contributed by atoms with E-state index in [1.807, 2.05) is 0 Å². The van der Waals surface area contributed by atoms with Gasteiger partial charge in [0.05, 0.1) is 12.6 Å². The fraction of sp³-hybridized carbons (Fsp3) is 0.714. The molecule has 0 bridgehead atoms. The second-order valence-corrected chi connectivity index (χ2v) is 2.88. The van der Waals surface area contributed by atoms with Gasteiger partial charge in [-0.15, -0.1) is 0 Å². The number of carboxylic acid groups (broad SMARTS) is 1. The number of aliphatic imine (C=N–C) groups is 1. The van der Waals surface area contributed by atoms with E-state index in [9.17, 15) is 4.79 Å². The summed E-state index contributed by atoms with van der Waals surface area (Å²) in [5, 5.41) is 20.1. The zero-order valence-electron chi connectivity index (χ0n) is 7.10. The van der Waals surface area contributed by atoms with Crippen LogP contribution in [0.25, 0.3) is 0 Å². The standard InChI is InChI=1S/C7H13N3O3/c8-4(3-11)6-9-2-1-5(10-6)7(12)13/h4-5,11H,1-3,8H2,(H,9,10)(H,12,13). The lowest BCUT2D eigenvalue weighted by atomic mass is 10.1. The number of amidine groups is 1. The van der Waals surface area contributed by atoms with Crippen molar-refractivity contribution in [1.29, 1.82) is 0 Å². The third kappa shape index (κ3) is 2.40. The predicted octanol–water partition coefficient (Wildman–Crippen LogP) is -1.85. The monoisotopic (exact) mass is 187 g/mol. The summed E-state index contributed by atoms with van der Waals surface area (Å²) < 4.78 is 0. The summed E-state index contributed by atoms with van der Waals surface area (Å²) in [5.74, 6) is -0.543. The molecule has 0 amide bonds. The van der Waals surface area contributed by atoms with Gasteiger partial charge < -0.3 is 21.3 Å². The highest BCUT2D eigenvalue weighted by atomic mass is 16.4. The van der Waals surface area contributed by atoms with Gasteiger partial charge >= 0.3 is 5.97 Å². The molecule has 0 saturated heterocycles. The van der Waals surface area contributed by atoms with E-state index in [2.05, 4.69) is 10.3 Å². The molecule has 0 fully saturated rings. The summed E-state index contributed by atoms with van der Waals surface area (Å²) in [6, 6.07) is -1.24. The Morgan fingerprint density at radius 1 is 1.85 bits per heavy atom. The van der Waals surface area contributed by atoms with Crippen LogP contribution in [0.2, 0.25) is 0 Å². The van der Waals surface area contributed by atoms with Gasteiger partial charge in [0.25, 0.3) is 0 Å². The summed E-state index contributed by atoms with van der Waals surface area (Å²) in [6.45, 7) is 0.200. The van der Waals surface area contributed by atoms with Crippen LogP contribution in [0, 0.1) is 0 Å². The van der Waals surface area contributed by atoms with Crippen LogP contribution >= 0.6 is 0 Å². The summed E-state index contributed by atoms with van der Waals surface area (Å²) >= 11 is 0. The molecule has 6 heteroatoms. The zero-order valence-corrected chi connectivity index (χ0v) is 7.10. The summed E-state index contributed by atoms with van der Waals surface area (Å²) in [4.78, 5) is 14.6. The Labute approximate surface area is 75.5 Å². The molecule has 0 spiro atoms. The molecule has 0 saturated carbocycles. The number of aliphatic hydroxyl groups is 1. The van der Waals surface area contributed by atoms with E-state index in [1.54, 1.807) is 0 Å². The van der Waals surface area contributed by atoms with Crippen LogP contribution < -0.4 is 11.1 Å². The van der Waals surface area contributed by atoms with E-state index >= 15 is 0 Å². The third-order valence-electron chi connectivity index (χ3n) is 1.87. The van der Waals surface area contributed by atoms with Crippen LogP contribution in [0.3, 0.4) is 0 Å². The first-order valence-corrected chi connectivity index (χ1v) is 4.05. The maximum absolute atomic E-state index is 10.6. The Kier molecular flexibility index (Phi) is 3.21. The van der Waals surface area contributed by atoms with Gasteiger partial charge in [-0.1, -0.05) is 0 Å². The highest BCUT2D eigenvalue weighted by Crippen LogP contribution is 2.01. The van der Waals surface area contributed by atoms with E-state index in [4.69, 9.17) is 15.9 Å². The minimum Gasteiger partial charge on any atom is -0.480 e. The van der Waals surface area contributed by atoms with E-state index in [1.165, 1.54) is 0 Å². The van der Waals surface area contributed by atoms with Crippen LogP contribution in [0.1, 0.15) is 6.42 Å². The van der Waals surface area contributed by atoms with Crippen molar-refractivity contribution in [2.75, 3.05) is 13.2 Å². The van der Waals surface area contributed by atoms with Crippen LogP contribution in [0.4, 0.5) is 0 Å². The van der Waals surface area contributed by atoms with Gasteiger partial charge in [-0.2, -0.15) is 0 Å². The van der Waals surface area contributed by atoms with E-state index in [0.717, 1.165) is 0 Å². The van der Waals surface area contributed by atoms with Crippen LogP contribution in [-0.2, 0) is 4.79 Å². The molecule has 13 heavy (non-hydrogen) atoms. The minimum atomic E-state index is -0.919. The third-order valence-corrected chi connectivity index (χ3v) is 1.87. The van der Waals surface area contributed by atoms with E-state index < -0.39 is 18.1 Å². The van der Waals surface area contributed by atoms with Crippen molar-refractivity contribution < 1.29 is 15.0 Å². The molecule has 74 valence electrons. The largest absolute Gasteiger partial charge is 0.480 e. The first kappa shape index (κ1) is 9.94. The Balaban J connectivity index is 2.59. The van der Waals surface area contributed by atoms with Gasteiger partial charge in [-0.05, 0) is 6.42 Å². The molecule has 0 radical (unpaired) electrons. The number of carboxylic acids is 1. The molecule has 2 unspecified atom stereocenters. The van der Waals surface area contributed by atoms with Gasteiger partial charge in [-0.25, -0.2) is 4.79 Å². The summed E-state index contributed by atoms with van der Waals surface area (Å²) in [7, 11) is 0. The first-order chi connectivity index (χ1) is 6.15. The van der Waals surface area contributed by atoms with Gasteiger partial charge in [-0.3, -0.25) is 4.99 Å². The second kappa shape index (κ2) is 4.20. The van der Waals surface area contributed by atoms with Crippen LogP contribution in [0.15, 0.2) is 4.99 Å². The smallest absolute Gasteiger partial charge is 0.326 e. The number of hydrogen-bond donors (Lipinski definition) is 4. The molecule has 0 aromatic heterocycles. The molecule has 1 aliphatic rings. The van der Waals surface area contributed by atoms with Crippen molar-refractivity contribution in [3.05, 3.63) is 0 Å². The average molecular weight is 187 g/mol. The maximum Gasteiger partial charge on any atom is 0.326 e. The highest BCUT2D eigenvalue weighted by Gasteiger charge is 2.24. The number of aliphatic hydroxyl groups excluding tert-OH is 1. The molecule has 0 aromatic rings. The quantitative estimate of drug-likeness (QED) is 0.415. The molecule has 1 heterocycles. The van der Waals surface area contributed by atoms with Crippen molar-refractivity contribution in [3.63, 3.8) is 0 Å². The molecular formula is C7H13N3O3. The lowest BCUT2D eigenvalue weighted by molar-refractivity contribution is -0.139. The Morgan fingerprint density at radius 3 is 3.08 bits per heavy atom. The Morgan fingerprint density at radius 2 is 2.54 bits per heavy atom. The summed E-state index contributed by atoms with van der Waals surface area (Å²) in [5.41, 5.74) is 5.47. The molecule has 1 rings (SSSR count). The number of nitrogens with one attached hydrogen (secondary N) is 1. The molecule has 1 aliphatic heterocycles. The molecule has 0 aromatic carbocycles. The first-order valence-electron chi connectivity index (χ1n) is 4.05. The molecule has 0 aliphatic carbocycles. The fourth-order valence-electron chi connectivity index (χ4n) is 1.11. The SMILES string of the molecule is NC(CO)C1=NCCC(C(=O)O)N1. The highest BCUT2D eigenvalue weighted by molar-refractivity contribution is 5.91. The molecule has 6 nitrogen and oxygen atoms in total. The minimum absolute atomic E-state index is 0.238. The summed E-state index contributed by atoms with van der Waals surface area (Å²) in [6.07, 6.45) is 0.455. The Hall–Kier alpha value is -1.14. The number of nitrogens with two attached hydrogens (primary N) is 1. The lowest BCUT2D eigenvalue weighted by Gasteiger charge is -2.23. The Bertz CT molecular complexity index is 229. The maximum atomic E-state index is 10.6. The van der Waals surface area contributed by atoms with E-state index in [0.29, 0.717) is 18.8 Å². The predicted molar refractivity (Wildman–Crippen MR) is 46.5 cm³/mol. The average Bonchev–Trinajstić information content (AvgIpc) is 2.17. The topological polar surface area (TPSA) is 108 Å². The number of rotatable bonds is 3. The van der Waals surface area contributed by atoms with Crippen molar-refractivity contribution in [2.45, 2.75) is 18.5 Å².